The van der Waals surface area contributed by atoms with Gasteiger partial charge in [0, 0.05) is 17.1 Å². The third-order valence-electron chi connectivity index (χ3n) is 3.06. The highest BCUT2D eigenvalue weighted by molar-refractivity contribution is 7.89. The van der Waals surface area contributed by atoms with E-state index in [-0.39, 0.29) is 10.8 Å². The van der Waals surface area contributed by atoms with E-state index >= 15 is 0 Å². The second-order valence-electron chi connectivity index (χ2n) is 4.80. The average Bonchev–Trinajstić information content (AvgIpc) is 2.92. The molecule has 2 N–H and O–H groups in total. The molecule has 0 fully saturated rings. The highest BCUT2D eigenvalue weighted by Crippen LogP contribution is 2.20. The van der Waals surface area contributed by atoms with E-state index in [4.69, 9.17) is 0 Å². The first-order chi connectivity index (χ1) is 10.8. The van der Waals surface area contributed by atoms with E-state index in [0.29, 0.717) is 16.9 Å². The van der Waals surface area contributed by atoms with Gasteiger partial charge in [0.05, 0.1) is 15.6 Å². The Kier molecular flexibility index (Phi) is 5.30. The minimum Gasteiger partial charge on any atom is -0.322 e. The van der Waals surface area contributed by atoms with Crippen LogP contribution in [0.2, 0.25) is 0 Å². The monoisotopic (exact) mass is 351 g/mol. The van der Waals surface area contributed by atoms with Crippen LogP contribution in [0.5, 0.6) is 0 Å². The Morgan fingerprint density at radius 1 is 1.30 bits per heavy atom. The number of sulfonamides is 1. The molecule has 0 aliphatic carbocycles. The smallest absolute Gasteiger partial charge is 0.248 e. The molecule has 6 nitrogen and oxygen atoms in total. The number of rotatable bonds is 5. The number of nitrogens with zero attached hydrogens (tertiary/aromatic N) is 1. The Balaban J connectivity index is 2.15. The first kappa shape index (κ1) is 17.3. The van der Waals surface area contributed by atoms with Gasteiger partial charge in [0.25, 0.3) is 0 Å². The van der Waals surface area contributed by atoms with Crippen LogP contribution in [0.15, 0.2) is 34.6 Å². The van der Waals surface area contributed by atoms with Crippen LogP contribution in [0.4, 0.5) is 5.69 Å². The summed E-state index contributed by atoms with van der Waals surface area (Å²) < 4.78 is 26.1. The molecule has 0 unspecified atom stereocenters. The van der Waals surface area contributed by atoms with Crippen LogP contribution < -0.4 is 10.0 Å². The van der Waals surface area contributed by atoms with Gasteiger partial charge in [-0.05, 0) is 44.7 Å². The number of carbonyl (C=O) groups excluding carboxylic acids is 1. The van der Waals surface area contributed by atoms with E-state index in [1.165, 1.54) is 30.5 Å². The molecular weight excluding hydrogens is 334 g/mol. The number of carbonyl (C=O) groups is 1. The molecule has 0 aliphatic rings. The van der Waals surface area contributed by atoms with Crippen molar-refractivity contribution >= 4 is 39.0 Å². The molecule has 0 bridgehead atoms. The lowest BCUT2D eigenvalue weighted by atomic mass is 10.2. The van der Waals surface area contributed by atoms with Crippen molar-refractivity contribution in [3.8, 4) is 0 Å². The fraction of sp³-hybridized carbons (Fsp3) is 0.200. The van der Waals surface area contributed by atoms with Gasteiger partial charge in [0.2, 0.25) is 15.9 Å². The molecule has 1 heterocycles. The average molecular weight is 351 g/mol. The molecule has 0 saturated carbocycles. The molecule has 0 spiro atoms. The molecule has 0 saturated heterocycles. The summed E-state index contributed by atoms with van der Waals surface area (Å²) in [7, 11) is -2.22. The van der Waals surface area contributed by atoms with Crippen LogP contribution in [0.25, 0.3) is 6.08 Å². The molecule has 122 valence electrons. The number of hydrogen-bond donors (Lipinski definition) is 2. The summed E-state index contributed by atoms with van der Waals surface area (Å²) in [6.45, 7) is 3.58. The summed E-state index contributed by atoms with van der Waals surface area (Å²) >= 11 is 1.50. The zero-order valence-electron chi connectivity index (χ0n) is 13.0. The van der Waals surface area contributed by atoms with Crippen molar-refractivity contribution in [3.63, 3.8) is 0 Å². The van der Waals surface area contributed by atoms with Crippen molar-refractivity contribution in [1.29, 1.82) is 0 Å². The molecule has 1 aromatic heterocycles. The SMILES string of the molecule is CNS(=O)(=O)c1cc(NC(=O)/C=C/c2csc(C)n2)ccc1C. The maximum Gasteiger partial charge on any atom is 0.248 e. The molecule has 2 aromatic rings. The van der Waals surface area contributed by atoms with Crippen LogP contribution in [0, 0.1) is 13.8 Å². The van der Waals surface area contributed by atoms with Crippen molar-refractivity contribution in [1.82, 2.24) is 9.71 Å². The molecule has 2 rings (SSSR count). The number of amides is 1. The predicted molar refractivity (Wildman–Crippen MR) is 91.9 cm³/mol. The molecule has 1 aromatic carbocycles. The van der Waals surface area contributed by atoms with Gasteiger partial charge < -0.3 is 5.32 Å². The van der Waals surface area contributed by atoms with Gasteiger partial charge in [-0.15, -0.1) is 11.3 Å². The molecule has 0 aliphatic heterocycles. The van der Waals surface area contributed by atoms with Gasteiger partial charge in [-0.2, -0.15) is 0 Å². The van der Waals surface area contributed by atoms with E-state index < -0.39 is 10.0 Å². The zero-order valence-corrected chi connectivity index (χ0v) is 14.6. The van der Waals surface area contributed by atoms with Gasteiger partial charge >= 0.3 is 0 Å². The summed E-state index contributed by atoms with van der Waals surface area (Å²) in [6, 6.07) is 4.73. The number of nitrogens with one attached hydrogen (secondary N) is 2. The Morgan fingerprint density at radius 2 is 2.04 bits per heavy atom. The first-order valence-corrected chi connectivity index (χ1v) is 9.13. The third-order valence-corrected chi connectivity index (χ3v) is 5.40. The first-order valence-electron chi connectivity index (χ1n) is 6.77. The van der Waals surface area contributed by atoms with Crippen molar-refractivity contribution in [2.24, 2.45) is 0 Å². The number of hydrogen-bond acceptors (Lipinski definition) is 5. The van der Waals surface area contributed by atoms with E-state index in [2.05, 4.69) is 15.0 Å². The standard InChI is InChI=1S/C15H17N3O3S2/c1-10-4-5-12(8-14(10)23(20,21)16-3)18-15(19)7-6-13-9-22-11(2)17-13/h4-9,16H,1-3H3,(H,18,19)/b7-6+. The van der Waals surface area contributed by atoms with Gasteiger partial charge in [0.1, 0.15) is 0 Å². The lowest BCUT2D eigenvalue weighted by molar-refractivity contribution is -0.111. The largest absolute Gasteiger partial charge is 0.322 e. The molecular formula is C15H17N3O3S2. The van der Waals surface area contributed by atoms with Crippen molar-refractivity contribution in [2.75, 3.05) is 12.4 Å². The normalized spacial score (nSPS) is 11.8. The van der Waals surface area contributed by atoms with E-state index in [0.717, 1.165) is 5.01 Å². The lowest BCUT2D eigenvalue weighted by Crippen LogP contribution is -2.20. The van der Waals surface area contributed by atoms with Crippen LogP contribution in [0.3, 0.4) is 0 Å². The molecule has 1 amide bonds. The Bertz CT molecular complexity index is 855. The fourth-order valence-corrected chi connectivity index (χ4v) is 3.45. The van der Waals surface area contributed by atoms with Crippen LogP contribution in [-0.4, -0.2) is 26.4 Å². The zero-order chi connectivity index (χ0) is 17.0. The Morgan fingerprint density at radius 3 is 2.65 bits per heavy atom. The topological polar surface area (TPSA) is 88.2 Å². The second-order valence-corrected chi connectivity index (χ2v) is 7.72. The number of benzene rings is 1. The maximum atomic E-state index is 11.9. The third kappa shape index (κ3) is 4.47. The highest BCUT2D eigenvalue weighted by Gasteiger charge is 2.15. The predicted octanol–water partition coefficient (Wildman–Crippen LogP) is 2.32. The summed E-state index contributed by atoms with van der Waals surface area (Å²) in [5.74, 6) is -0.354. The van der Waals surface area contributed by atoms with Gasteiger partial charge in [0.15, 0.2) is 0 Å². The summed E-state index contributed by atoms with van der Waals surface area (Å²) in [6.07, 6.45) is 2.97. The maximum absolute atomic E-state index is 11.9. The number of thiazole rings is 1. The molecule has 8 heteroatoms. The van der Waals surface area contributed by atoms with Gasteiger partial charge in [-0.25, -0.2) is 18.1 Å². The summed E-state index contributed by atoms with van der Waals surface area (Å²) in [5, 5.41) is 5.41. The van der Waals surface area contributed by atoms with Crippen LogP contribution >= 0.6 is 11.3 Å². The minimum absolute atomic E-state index is 0.136. The van der Waals surface area contributed by atoms with E-state index in [1.54, 1.807) is 25.1 Å². The van der Waals surface area contributed by atoms with Crippen LogP contribution in [0.1, 0.15) is 16.3 Å². The Hall–Kier alpha value is -2.03. The fourth-order valence-electron chi connectivity index (χ4n) is 1.88. The van der Waals surface area contributed by atoms with Crippen molar-refractivity contribution in [2.45, 2.75) is 18.7 Å². The molecule has 23 heavy (non-hydrogen) atoms. The van der Waals surface area contributed by atoms with E-state index in [9.17, 15) is 13.2 Å². The van der Waals surface area contributed by atoms with Crippen molar-refractivity contribution in [3.05, 3.63) is 45.9 Å². The lowest BCUT2D eigenvalue weighted by Gasteiger charge is -2.09. The van der Waals surface area contributed by atoms with Gasteiger partial charge in [-0.1, -0.05) is 6.07 Å². The number of aryl methyl sites for hydroxylation is 2. The van der Waals surface area contributed by atoms with Crippen LogP contribution in [-0.2, 0) is 14.8 Å². The number of aromatic nitrogens is 1. The molecule has 0 radical (unpaired) electrons. The highest BCUT2D eigenvalue weighted by atomic mass is 32.2. The van der Waals surface area contributed by atoms with E-state index in [1.807, 2.05) is 12.3 Å². The number of anilines is 1. The second kappa shape index (κ2) is 7.03. The summed E-state index contributed by atoms with van der Waals surface area (Å²) in [4.78, 5) is 16.3. The quantitative estimate of drug-likeness (QED) is 0.809. The van der Waals surface area contributed by atoms with Crippen molar-refractivity contribution < 1.29 is 13.2 Å². The molecule has 0 atom stereocenters. The summed E-state index contributed by atoms with van der Waals surface area (Å²) in [5.41, 5.74) is 1.73. The van der Waals surface area contributed by atoms with Gasteiger partial charge in [-0.3, -0.25) is 4.79 Å². The Labute approximate surface area is 139 Å². The minimum atomic E-state index is -3.57.